The van der Waals surface area contributed by atoms with Gasteiger partial charge in [-0.1, -0.05) is 81.1 Å². The minimum Gasteiger partial charge on any atom is -0.488 e. The van der Waals surface area contributed by atoms with Gasteiger partial charge in [0.15, 0.2) is 0 Å². The second-order valence-corrected chi connectivity index (χ2v) is 7.23. The van der Waals surface area contributed by atoms with E-state index < -0.39 is 0 Å². The lowest BCUT2D eigenvalue weighted by Crippen LogP contribution is -2.16. The lowest BCUT2D eigenvalue weighted by molar-refractivity contribution is 0.296. The van der Waals surface area contributed by atoms with Crippen LogP contribution in [0.2, 0.25) is 0 Å². The Bertz CT molecular complexity index is 884. The number of unbranched alkanes of at least 4 members (excludes halogenated alkanes) is 4. The van der Waals surface area contributed by atoms with E-state index >= 15 is 0 Å². The van der Waals surface area contributed by atoms with Crippen LogP contribution in [0.3, 0.4) is 0 Å². The molecule has 0 spiro atoms. The highest BCUT2D eigenvalue weighted by Crippen LogP contribution is 2.29. The third kappa shape index (κ3) is 6.73. The van der Waals surface area contributed by atoms with Crippen molar-refractivity contribution in [2.45, 2.75) is 52.2 Å². The SMILES string of the molecule is CCCCCCCNCc1c(OCc2ccccc2F)ccc2ccccc12.Cl. The van der Waals surface area contributed by atoms with Gasteiger partial charge in [-0.3, -0.25) is 0 Å². The maximum atomic E-state index is 13.9. The van der Waals surface area contributed by atoms with Gasteiger partial charge in [0, 0.05) is 17.7 Å². The molecule has 0 unspecified atom stereocenters. The summed E-state index contributed by atoms with van der Waals surface area (Å²) in [6.45, 7) is 4.22. The van der Waals surface area contributed by atoms with Gasteiger partial charge in [-0.15, -0.1) is 12.4 Å². The van der Waals surface area contributed by atoms with E-state index in [1.165, 1.54) is 48.9 Å². The fourth-order valence-corrected chi connectivity index (χ4v) is 3.47. The van der Waals surface area contributed by atoms with Crippen LogP contribution in [0.1, 0.15) is 50.2 Å². The molecule has 0 saturated carbocycles. The van der Waals surface area contributed by atoms with Gasteiger partial charge < -0.3 is 10.1 Å². The van der Waals surface area contributed by atoms with Crippen molar-refractivity contribution in [3.05, 3.63) is 77.6 Å². The van der Waals surface area contributed by atoms with Crippen molar-refractivity contribution in [2.24, 2.45) is 0 Å². The summed E-state index contributed by atoms with van der Waals surface area (Å²) in [5, 5.41) is 5.95. The Balaban J connectivity index is 0.00000300. The van der Waals surface area contributed by atoms with Crippen LogP contribution in [0.5, 0.6) is 5.75 Å². The number of hydrogen-bond acceptors (Lipinski definition) is 2. The fraction of sp³-hybridized carbons (Fsp3) is 0.360. The average Bonchev–Trinajstić information content (AvgIpc) is 2.73. The Morgan fingerprint density at radius 2 is 1.62 bits per heavy atom. The largest absolute Gasteiger partial charge is 0.488 e. The molecule has 0 aromatic heterocycles. The molecular weight excluding hydrogens is 385 g/mol. The van der Waals surface area contributed by atoms with Crippen molar-refractivity contribution in [3.63, 3.8) is 0 Å². The quantitative estimate of drug-likeness (QED) is 0.339. The zero-order valence-corrected chi connectivity index (χ0v) is 17.9. The zero-order chi connectivity index (χ0) is 19.6. The molecule has 0 aliphatic carbocycles. The minimum absolute atomic E-state index is 0. The Kier molecular flexibility index (Phi) is 9.96. The number of nitrogens with one attached hydrogen (secondary N) is 1. The minimum atomic E-state index is -0.227. The molecule has 3 rings (SSSR count). The summed E-state index contributed by atoms with van der Waals surface area (Å²) in [6, 6.07) is 19.2. The van der Waals surface area contributed by atoms with Gasteiger partial charge in [0.2, 0.25) is 0 Å². The summed E-state index contributed by atoms with van der Waals surface area (Å²) in [4.78, 5) is 0. The normalized spacial score (nSPS) is 10.7. The number of hydrogen-bond donors (Lipinski definition) is 1. The van der Waals surface area contributed by atoms with E-state index in [4.69, 9.17) is 4.74 Å². The van der Waals surface area contributed by atoms with Crippen LogP contribution in [0.25, 0.3) is 10.8 Å². The topological polar surface area (TPSA) is 21.3 Å². The molecule has 0 amide bonds. The first kappa shape index (κ1) is 23.2. The molecule has 2 nitrogen and oxygen atoms in total. The van der Waals surface area contributed by atoms with Crippen LogP contribution in [-0.4, -0.2) is 6.54 Å². The Morgan fingerprint density at radius 1 is 0.862 bits per heavy atom. The van der Waals surface area contributed by atoms with E-state index in [0.29, 0.717) is 5.56 Å². The summed E-state index contributed by atoms with van der Waals surface area (Å²) in [5.74, 6) is 0.593. The predicted octanol–water partition coefficient (Wildman–Crippen LogP) is 7.04. The Labute approximate surface area is 179 Å². The van der Waals surface area contributed by atoms with Gasteiger partial charge in [-0.25, -0.2) is 4.39 Å². The van der Waals surface area contributed by atoms with Crippen LogP contribution in [-0.2, 0) is 13.2 Å². The van der Waals surface area contributed by atoms with Crippen molar-refractivity contribution in [1.82, 2.24) is 5.32 Å². The van der Waals surface area contributed by atoms with E-state index in [1.807, 2.05) is 18.2 Å². The molecule has 0 aliphatic rings. The lowest BCUT2D eigenvalue weighted by atomic mass is 10.0. The number of halogens is 2. The van der Waals surface area contributed by atoms with Crippen LogP contribution in [0.4, 0.5) is 4.39 Å². The van der Waals surface area contributed by atoms with E-state index in [1.54, 1.807) is 12.1 Å². The maximum absolute atomic E-state index is 13.9. The molecule has 3 aromatic carbocycles. The summed E-state index contributed by atoms with van der Waals surface area (Å²) >= 11 is 0. The van der Waals surface area contributed by atoms with Crippen LogP contribution in [0.15, 0.2) is 60.7 Å². The summed E-state index contributed by atoms with van der Waals surface area (Å²) < 4.78 is 20.0. The first-order valence-electron chi connectivity index (χ1n) is 10.4. The highest BCUT2D eigenvalue weighted by Gasteiger charge is 2.10. The summed E-state index contributed by atoms with van der Waals surface area (Å²) in [6.07, 6.45) is 6.36. The Hall–Kier alpha value is -2.10. The van der Waals surface area contributed by atoms with Crippen molar-refractivity contribution < 1.29 is 9.13 Å². The molecule has 156 valence electrons. The predicted molar refractivity (Wildman–Crippen MR) is 122 cm³/mol. The van der Waals surface area contributed by atoms with Crippen LogP contribution >= 0.6 is 12.4 Å². The number of rotatable bonds is 11. The molecule has 1 N–H and O–H groups in total. The van der Waals surface area contributed by atoms with Crippen LogP contribution in [0, 0.1) is 5.82 Å². The molecule has 0 atom stereocenters. The third-order valence-corrected chi connectivity index (χ3v) is 5.10. The number of benzene rings is 3. The maximum Gasteiger partial charge on any atom is 0.129 e. The molecule has 0 heterocycles. The van der Waals surface area contributed by atoms with Gasteiger partial charge in [0.25, 0.3) is 0 Å². The standard InChI is InChI=1S/C25H30FNO.ClH/c1-2-3-4-5-10-17-27-18-23-22-13-8-6-11-20(22)15-16-25(23)28-19-21-12-7-9-14-24(21)26;/h6-9,11-16,27H,2-5,10,17-19H2,1H3;1H. The van der Waals surface area contributed by atoms with Crippen molar-refractivity contribution in [3.8, 4) is 5.75 Å². The van der Waals surface area contributed by atoms with Gasteiger partial charge in [0.1, 0.15) is 18.2 Å². The summed E-state index contributed by atoms with van der Waals surface area (Å²) in [7, 11) is 0. The lowest BCUT2D eigenvalue weighted by Gasteiger charge is -2.15. The molecule has 4 heteroatoms. The number of ether oxygens (including phenoxy) is 1. The molecule has 0 aliphatic heterocycles. The number of fused-ring (bicyclic) bond motifs is 1. The van der Waals surface area contributed by atoms with Crippen molar-refractivity contribution >= 4 is 23.2 Å². The van der Waals surface area contributed by atoms with E-state index in [2.05, 4.69) is 36.5 Å². The van der Waals surface area contributed by atoms with Gasteiger partial charge >= 0.3 is 0 Å². The second kappa shape index (κ2) is 12.5. The van der Waals surface area contributed by atoms with E-state index in [9.17, 15) is 4.39 Å². The van der Waals surface area contributed by atoms with Crippen molar-refractivity contribution in [1.29, 1.82) is 0 Å². The molecular formula is C25H31ClFNO. The van der Waals surface area contributed by atoms with Gasteiger partial charge in [0.05, 0.1) is 0 Å². The van der Waals surface area contributed by atoms with E-state index in [0.717, 1.165) is 24.4 Å². The molecule has 0 bridgehead atoms. The fourth-order valence-electron chi connectivity index (χ4n) is 3.47. The Morgan fingerprint density at radius 3 is 2.45 bits per heavy atom. The second-order valence-electron chi connectivity index (χ2n) is 7.23. The van der Waals surface area contributed by atoms with Gasteiger partial charge in [-0.2, -0.15) is 0 Å². The average molecular weight is 416 g/mol. The smallest absolute Gasteiger partial charge is 0.129 e. The van der Waals surface area contributed by atoms with E-state index in [-0.39, 0.29) is 24.8 Å². The summed E-state index contributed by atoms with van der Waals surface area (Å²) in [5.41, 5.74) is 1.72. The molecule has 0 fully saturated rings. The molecule has 29 heavy (non-hydrogen) atoms. The zero-order valence-electron chi connectivity index (χ0n) is 17.1. The van der Waals surface area contributed by atoms with Crippen LogP contribution < -0.4 is 10.1 Å². The first-order valence-corrected chi connectivity index (χ1v) is 10.4. The van der Waals surface area contributed by atoms with Crippen molar-refractivity contribution in [2.75, 3.05) is 6.54 Å². The van der Waals surface area contributed by atoms with Gasteiger partial charge in [-0.05, 0) is 35.9 Å². The molecule has 0 radical (unpaired) electrons. The molecule has 0 saturated heterocycles. The highest BCUT2D eigenvalue weighted by molar-refractivity contribution is 5.87. The monoisotopic (exact) mass is 415 g/mol. The highest BCUT2D eigenvalue weighted by atomic mass is 35.5. The third-order valence-electron chi connectivity index (χ3n) is 5.10. The molecule has 3 aromatic rings. The first-order chi connectivity index (χ1) is 13.8.